The van der Waals surface area contributed by atoms with Crippen LogP contribution in [0.5, 0.6) is 0 Å². The van der Waals surface area contributed by atoms with Crippen LogP contribution in [0.25, 0.3) is 11.3 Å². The Kier molecular flexibility index (Phi) is 4.57. The molecule has 8 nitrogen and oxygen atoms in total. The molecule has 8 heteroatoms. The molecule has 0 saturated carbocycles. The molecule has 0 spiro atoms. The lowest BCUT2D eigenvalue weighted by molar-refractivity contribution is -0.129. The number of carbonyl (C=O) groups is 1. The van der Waals surface area contributed by atoms with E-state index in [0.29, 0.717) is 25.8 Å². The second-order valence-electron chi connectivity index (χ2n) is 9.06. The lowest BCUT2D eigenvalue weighted by Gasteiger charge is -2.33. The normalized spacial score (nSPS) is 18.3. The highest BCUT2D eigenvalue weighted by molar-refractivity contribution is 5.76. The fourth-order valence-electron chi connectivity index (χ4n) is 5.13. The van der Waals surface area contributed by atoms with Gasteiger partial charge in [0.25, 0.3) is 0 Å². The van der Waals surface area contributed by atoms with Crippen LogP contribution in [0.1, 0.15) is 42.0 Å². The second-order valence-corrected chi connectivity index (χ2v) is 9.06. The topological polar surface area (TPSA) is 79.3 Å². The highest BCUT2D eigenvalue weighted by atomic mass is 16.5. The number of nitrogens with zero attached hydrogens (tertiary/aromatic N) is 5. The number of anilines is 2. The van der Waals surface area contributed by atoms with Gasteiger partial charge in [0.05, 0.1) is 37.7 Å². The van der Waals surface area contributed by atoms with Crippen molar-refractivity contribution in [1.29, 1.82) is 0 Å². The van der Waals surface area contributed by atoms with E-state index in [0.717, 1.165) is 55.3 Å². The maximum atomic E-state index is 12.1. The standard InChI is InChI=1S/C24H28N6O2/c1-15-25-11-21(26-15)17-5-6-22-18(10-17)4-3-8-29(22)24-20-12-28(16(2)31)9-7-23(20)30(27-24)19-13-32-14-19/h5-6,10-11,19H,3-4,7-9,12-14H2,1-2H3,(H,25,26). The van der Waals surface area contributed by atoms with Crippen LogP contribution in [0.15, 0.2) is 24.4 Å². The number of ether oxygens (including phenoxy) is 1. The first-order valence-corrected chi connectivity index (χ1v) is 11.4. The Bertz CT molecular complexity index is 1190. The summed E-state index contributed by atoms with van der Waals surface area (Å²) in [6.45, 7) is 7.38. The molecule has 1 fully saturated rings. The summed E-state index contributed by atoms with van der Waals surface area (Å²) in [5.74, 6) is 2.05. The molecule has 3 aliphatic heterocycles. The van der Waals surface area contributed by atoms with E-state index in [1.807, 2.05) is 18.0 Å². The van der Waals surface area contributed by atoms with E-state index >= 15 is 0 Å². The summed E-state index contributed by atoms with van der Waals surface area (Å²) in [5, 5.41) is 5.12. The van der Waals surface area contributed by atoms with Crippen molar-refractivity contribution in [2.75, 3.05) is 31.2 Å². The molecular formula is C24H28N6O2. The van der Waals surface area contributed by atoms with E-state index in [2.05, 4.69) is 37.7 Å². The van der Waals surface area contributed by atoms with Gasteiger partial charge in [0.1, 0.15) is 5.82 Å². The van der Waals surface area contributed by atoms with Crippen LogP contribution in [0, 0.1) is 6.92 Å². The van der Waals surface area contributed by atoms with Gasteiger partial charge in [-0.1, -0.05) is 6.07 Å². The van der Waals surface area contributed by atoms with Crippen molar-refractivity contribution in [2.45, 2.75) is 45.7 Å². The fourth-order valence-corrected chi connectivity index (χ4v) is 5.13. The Morgan fingerprint density at radius 1 is 1.22 bits per heavy atom. The van der Waals surface area contributed by atoms with Gasteiger partial charge in [-0.3, -0.25) is 9.48 Å². The summed E-state index contributed by atoms with van der Waals surface area (Å²) in [6, 6.07) is 6.95. The number of hydrogen-bond donors (Lipinski definition) is 1. The van der Waals surface area contributed by atoms with Crippen molar-refractivity contribution in [2.24, 2.45) is 0 Å². The zero-order chi connectivity index (χ0) is 21.8. The highest BCUT2D eigenvalue weighted by Gasteiger charge is 2.34. The largest absolute Gasteiger partial charge is 0.377 e. The molecule has 0 atom stereocenters. The number of benzene rings is 1. The number of H-pyrrole nitrogens is 1. The van der Waals surface area contributed by atoms with Gasteiger partial charge < -0.3 is 19.5 Å². The van der Waals surface area contributed by atoms with Gasteiger partial charge in [-0.25, -0.2) is 4.98 Å². The van der Waals surface area contributed by atoms with Crippen molar-refractivity contribution in [1.82, 2.24) is 24.6 Å². The van der Waals surface area contributed by atoms with E-state index in [9.17, 15) is 4.79 Å². The van der Waals surface area contributed by atoms with Crippen molar-refractivity contribution in [3.05, 3.63) is 47.0 Å². The quantitative estimate of drug-likeness (QED) is 0.688. The second kappa shape index (κ2) is 7.48. The van der Waals surface area contributed by atoms with Crippen molar-refractivity contribution in [3.8, 4) is 11.3 Å². The number of hydrogen-bond acceptors (Lipinski definition) is 5. The first-order chi connectivity index (χ1) is 15.6. The molecule has 1 saturated heterocycles. The van der Waals surface area contributed by atoms with Gasteiger partial charge in [0, 0.05) is 43.4 Å². The van der Waals surface area contributed by atoms with Gasteiger partial charge in [0.15, 0.2) is 5.82 Å². The molecule has 2 aromatic heterocycles. The SMILES string of the molecule is CC(=O)N1CCc2c(c(N3CCCc4cc(-c5cnc(C)[nH]5)ccc43)nn2C2COC2)C1. The molecule has 5 heterocycles. The summed E-state index contributed by atoms with van der Waals surface area (Å²) in [5.41, 5.74) is 7.21. The summed E-state index contributed by atoms with van der Waals surface area (Å²) in [6.07, 6.45) is 4.86. The zero-order valence-corrected chi connectivity index (χ0v) is 18.6. The minimum atomic E-state index is 0.125. The van der Waals surface area contributed by atoms with Crippen molar-refractivity contribution >= 4 is 17.4 Å². The van der Waals surface area contributed by atoms with Crippen LogP contribution in [-0.4, -0.2) is 56.9 Å². The number of aromatic nitrogens is 4. The molecule has 1 aromatic carbocycles. The average Bonchev–Trinajstić information content (AvgIpc) is 3.35. The van der Waals surface area contributed by atoms with Crippen LogP contribution < -0.4 is 4.90 Å². The number of carbonyl (C=O) groups excluding carboxylic acids is 1. The Morgan fingerprint density at radius 3 is 2.81 bits per heavy atom. The molecule has 3 aromatic rings. The third-order valence-electron chi connectivity index (χ3n) is 6.94. The van der Waals surface area contributed by atoms with Gasteiger partial charge in [-0.2, -0.15) is 5.10 Å². The highest BCUT2D eigenvalue weighted by Crippen LogP contribution is 2.40. The molecule has 0 bridgehead atoms. The maximum Gasteiger partial charge on any atom is 0.219 e. The summed E-state index contributed by atoms with van der Waals surface area (Å²) < 4.78 is 7.64. The van der Waals surface area contributed by atoms with Gasteiger partial charge >= 0.3 is 0 Å². The lowest BCUT2D eigenvalue weighted by Crippen LogP contribution is -2.37. The predicted octanol–water partition coefficient (Wildman–Crippen LogP) is 3.14. The maximum absolute atomic E-state index is 12.1. The predicted molar refractivity (Wildman–Crippen MR) is 121 cm³/mol. The van der Waals surface area contributed by atoms with Crippen LogP contribution >= 0.6 is 0 Å². The Morgan fingerprint density at radius 2 is 2.09 bits per heavy atom. The number of fused-ring (bicyclic) bond motifs is 2. The minimum Gasteiger partial charge on any atom is -0.377 e. The van der Waals surface area contributed by atoms with Gasteiger partial charge in [-0.05, 0) is 43.0 Å². The summed E-state index contributed by atoms with van der Waals surface area (Å²) in [7, 11) is 0. The minimum absolute atomic E-state index is 0.125. The van der Waals surface area contributed by atoms with Crippen molar-refractivity contribution < 1.29 is 9.53 Å². The number of amides is 1. The molecule has 0 aliphatic carbocycles. The average molecular weight is 433 g/mol. The fraction of sp³-hybridized carbons (Fsp3) is 0.458. The summed E-state index contributed by atoms with van der Waals surface area (Å²) >= 11 is 0. The zero-order valence-electron chi connectivity index (χ0n) is 18.6. The number of aryl methyl sites for hydroxylation is 2. The third kappa shape index (κ3) is 3.12. The number of imidazole rings is 1. The molecule has 0 radical (unpaired) electrons. The van der Waals surface area contributed by atoms with Crippen LogP contribution in [-0.2, 0) is 28.9 Å². The molecule has 1 amide bonds. The first kappa shape index (κ1) is 19.5. The molecule has 6 rings (SSSR count). The van der Waals surface area contributed by atoms with Crippen LogP contribution in [0.3, 0.4) is 0 Å². The molecular weight excluding hydrogens is 404 g/mol. The van der Waals surface area contributed by atoms with E-state index in [1.54, 1.807) is 6.92 Å². The van der Waals surface area contributed by atoms with Crippen LogP contribution in [0.4, 0.5) is 11.5 Å². The van der Waals surface area contributed by atoms with E-state index in [4.69, 9.17) is 9.84 Å². The Balaban J connectivity index is 1.41. The van der Waals surface area contributed by atoms with Crippen molar-refractivity contribution in [3.63, 3.8) is 0 Å². The number of rotatable bonds is 3. The van der Waals surface area contributed by atoms with Crippen LogP contribution in [0.2, 0.25) is 0 Å². The van der Waals surface area contributed by atoms with E-state index in [-0.39, 0.29) is 5.91 Å². The van der Waals surface area contributed by atoms with E-state index in [1.165, 1.54) is 22.5 Å². The lowest BCUT2D eigenvalue weighted by atomic mass is 9.97. The molecule has 32 heavy (non-hydrogen) atoms. The monoisotopic (exact) mass is 432 g/mol. The first-order valence-electron chi connectivity index (χ1n) is 11.4. The number of nitrogens with one attached hydrogen (secondary N) is 1. The molecule has 166 valence electrons. The van der Waals surface area contributed by atoms with Gasteiger partial charge in [-0.15, -0.1) is 0 Å². The van der Waals surface area contributed by atoms with Gasteiger partial charge in [0.2, 0.25) is 5.91 Å². The number of aromatic amines is 1. The molecule has 3 aliphatic rings. The molecule has 1 N–H and O–H groups in total. The summed E-state index contributed by atoms with van der Waals surface area (Å²) in [4.78, 5) is 24.1. The van der Waals surface area contributed by atoms with E-state index < -0.39 is 0 Å². The third-order valence-corrected chi connectivity index (χ3v) is 6.94. The smallest absolute Gasteiger partial charge is 0.219 e. The Labute approximate surface area is 187 Å². The Hall–Kier alpha value is -3.13. The molecule has 0 unspecified atom stereocenters.